The number of aromatic nitrogens is 5. The van der Waals surface area contributed by atoms with E-state index >= 15 is 0 Å². The molecule has 10 nitrogen and oxygen atoms in total. The highest BCUT2D eigenvalue weighted by Gasteiger charge is 2.45. The van der Waals surface area contributed by atoms with E-state index in [2.05, 4.69) is 20.3 Å². The number of H-pyrrole nitrogens is 1. The van der Waals surface area contributed by atoms with Crippen molar-refractivity contribution >= 4 is 23.8 Å². The van der Waals surface area contributed by atoms with Gasteiger partial charge in [0.25, 0.3) is 0 Å². The highest BCUT2D eigenvalue weighted by atomic mass is 32.1. The molecule has 0 saturated carbocycles. The maximum atomic E-state index is 9.97. The molecule has 0 bridgehead atoms. The third-order valence-electron chi connectivity index (χ3n) is 3.12. The molecule has 3 rings (SSSR count). The van der Waals surface area contributed by atoms with Gasteiger partial charge in [0.2, 0.25) is 11.6 Å². The van der Waals surface area contributed by atoms with Crippen molar-refractivity contribution in [3.8, 4) is 0 Å². The number of hydrogen-bond donors (Lipinski definition) is 5. The van der Waals surface area contributed by atoms with Crippen LogP contribution in [0.1, 0.15) is 11.9 Å². The van der Waals surface area contributed by atoms with Gasteiger partial charge in [0.1, 0.15) is 24.4 Å². The molecule has 0 amide bonds. The Kier molecular flexibility index (Phi) is 3.14. The summed E-state index contributed by atoms with van der Waals surface area (Å²) in [6, 6.07) is 0. The molecule has 4 atom stereocenters. The maximum Gasteiger partial charge on any atom is 0.214 e. The van der Waals surface area contributed by atoms with E-state index in [1.165, 1.54) is 4.52 Å². The zero-order chi connectivity index (χ0) is 14.4. The minimum absolute atomic E-state index is 0.0512. The summed E-state index contributed by atoms with van der Waals surface area (Å²) < 4.78 is 6.86. The lowest BCUT2D eigenvalue weighted by atomic mass is 10.1. The number of ether oxygens (including phenoxy) is 1. The first-order valence-corrected chi connectivity index (χ1v) is 6.17. The Hall–Kier alpha value is -1.66. The van der Waals surface area contributed by atoms with E-state index in [0.29, 0.717) is 0 Å². The average Bonchev–Trinajstić information content (AvgIpc) is 2.93. The number of aliphatic hydroxyl groups excluding tert-OH is 3. The summed E-state index contributed by atoms with van der Waals surface area (Å²) in [6.45, 7) is -0.425. The minimum atomic E-state index is -1.25. The number of nitrogens with two attached hydrogens (primary N) is 1. The molecule has 2 aromatic heterocycles. The molecule has 11 heteroatoms. The standard InChI is InChI=1S/C9H12N6O4S/c10-9-11-8(20)7-13-12-6(15(7)14-9)5-4(18)3(17)2(1-16)19-5/h2-5,16-18H,1H2,(H3,10,11,14,20)/t2-,3-,4-,5-/m1/s1. The Balaban J connectivity index is 2.09. The largest absolute Gasteiger partial charge is 0.394 e. The van der Waals surface area contributed by atoms with Crippen molar-refractivity contribution in [2.24, 2.45) is 0 Å². The number of nitrogens with one attached hydrogen (secondary N) is 1. The Morgan fingerprint density at radius 2 is 2.10 bits per heavy atom. The van der Waals surface area contributed by atoms with Crippen LogP contribution in [-0.2, 0) is 4.74 Å². The van der Waals surface area contributed by atoms with E-state index in [0.717, 1.165) is 0 Å². The maximum absolute atomic E-state index is 9.97. The van der Waals surface area contributed by atoms with Crippen LogP contribution >= 0.6 is 12.2 Å². The van der Waals surface area contributed by atoms with Crippen molar-refractivity contribution in [3.05, 3.63) is 10.5 Å². The SMILES string of the molecule is Nc1nc(=S)c2nnc([C@@H]3O[C@H](CO)[C@@H](O)[C@H]3O)n2[nH]1. The zero-order valence-electron chi connectivity index (χ0n) is 10.0. The molecule has 0 aromatic carbocycles. The van der Waals surface area contributed by atoms with Crippen LogP contribution in [0, 0.1) is 4.64 Å². The highest BCUT2D eigenvalue weighted by molar-refractivity contribution is 7.71. The van der Waals surface area contributed by atoms with E-state index in [-0.39, 0.29) is 22.1 Å². The molecule has 20 heavy (non-hydrogen) atoms. The van der Waals surface area contributed by atoms with E-state index < -0.39 is 31.0 Å². The van der Waals surface area contributed by atoms with Crippen LogP contribution in [0.5, 0.6) is 0 Å². The molecular weight excluding hydrogens is 288 g/mol. The molecule has 0 radical (unpaired) electrons. The molecule has 1 fully saturated rings. The van der Waals surface area contributed by atoms with Crippen LogP contribution in [0.25, 0.3) is 5.65 Å². The predicted molar refractivity (Wildman–Crippen MR) is 67.1 cm³/mol. The molecule has 0 spiro atoms. The van der Waals surface area contributed by atoms with Crippen LogP contribution in [0.4, 0.5) is 5.95 Å². The lowest BCUT2D eigenvalue weighted by molar-refractivity contribution is -0.0258. The molecule has 3 heterocycles. The van der Waals surface area contributed by atoms with Crippen molar-refractivity contribution in [1.82, 2.24) is 24.8 Å². The quantitative estimate of drug-likeness (QED) is 0.393. The molecule has 1 aliphatic heterocycles. The molecule has 1 aliphatic rings. The first kappa shape index (κ1) is 13.3. The monoisotopic (exact) mass is 300 g/mol. The molecule has 1 saturated heterocycles. The van der Waals surface area contributed by atoms with Gasteiger partial charge >= 0.3 is 0 Å². The molecule has 6 N–H and O–H groups in total. The summed E-state index contributed by atoms with van der Waals surface area (Å²) in [4.78, 5) is 3.83. The van der Waals surface area contributed by atoms with Crippen molar-refractivity contribution < 1.29 is 20.1 Å². The second-order valence-electron chi connectivity index (χ2n) is 4.39. The summed E-state index contributed by atoms with van der Waals surface area (Å²) in [5.74, 6) is 0.234. The molecule has 2 aromatic rings. The van der Waals surface area contributed by atoms with Gasteiger partial charge in [-0.15, -0.1) is 10.2 Å². The third kappa shape index (κ3) is 1.87. The van der Waals surface area contributed by atoms with Gasteiger partial charge in [-0.3, -0.25) is 5.10 Å². The second kappa shape index (κ2) is 4.71. The predicted octanol–water partition coefficient (Wildman–Crippen LogP) is -2.08. The van der Waals surface area contributed by atoms with Crippen molar-refractivity contribution in [3.63, 3.8) is 0 Å². The number of nitrogen functional groups attached to an aromatic ring is 1. The first-order valence-electron chi connectivity index (χ1n) is 5.76. The fourth-order valence-corrected chi connectivity index (χ4v) is 2.37. The normalized spacial score (nSPS) is 30.1. The lowest BCUT2D eigenvalue weighted by Gasteiger charge is -2.12. The van der Waals surface area contributed by atoms with Gasteiger partial charge in [0.15, 0.2) is 10.5 Å². The second-order valence-corrected chi connectivity index (χ2v) is 4.78. The Morgan fingerprint density at radius 1 is 1.35 bits per heavy atom. The van der Waals surface area contributed by atoms with E-state index in [1.807, 2.05) is 0 Å². The topological polar surface area (TPSA) is 155 Å². The van der Waals surface area contributed by atoms with Crippen LogP contribution in [0.3, 0.4) is 0 Å². The van der Waals surface area contributed by atoms with Crippen molar-refractivity contribution in [2.75, 3.05) is 12.3 Å². The smallest absolute Gasteiger partial charge is 0.214 e. The summed E-state index contributed by atoms with van der Waals surface area (Å²) in [6.07, 6.45) is -4.34. The van der Waals surface area contributed by atoms with Crippen molar-refractivity contribution in [2.45, 2.75) is 24.4 Å². The van der Waals surface area contributed by atoms with Gasteiger partial charge in [-0.25, -0.2) is 4.52 Å². The highest BCUT2D eigenvalue weighted by Crippen LogP contribution is 2.32. The lowest BCUT2D eigenvalue weighted by Crippen LogP contribution is -2.32. The van der Waals surface area contributed by atoms with Gasteiger partial charge in [-0.2, -0.15) is 4.98 Å². The fraction of sp³-hybridized carbons (Fsp3) is 0.556. The van der Waals surface area contributed by atoms with Crippen molar-refractivity contribution in [1.29, 1.82) is 0 Å². The van der Waals surface area contributed by atoms with Crippen LogP contribution in [0.2, 0.25) is 0 Å². The molecule has 0 aliphatic carbocycles. The summed E-state index contributed by atoms with van der Waals surface area (Å²) >= 11 is 5.00. The van der Waals surface area contributed by atoms with Gasteiger partial charge in [-0.1, -0.05) is 12.2 Å². The van der Waals surface area contributed by atoms with Crippen LogP contribution in [0.15, 0.2) is 0 Å². The number of anilines is 1. The first-order chi connectivity index (χ1) is 9.52. The number of fused-ring (bicyclic) bond motifs is 1. The summed E-state index contributed by atoms with van der Waals surface area (Å²) in [7, 11) is 0. The number of aliphatic hydroxyl groups is 3. The Bertz CT molecular complexity index is 701. The average molecular weight is 300 g/mol. The van der Waals surface area contributed by atoms with Crippen LogP contribution in [-0.4, -0.2) is 65.0 Å². The number of rotatable bonds is 2. The molecule has 0 unspecified atom stereocenters. The number of aromatic amines is 1. The van der Waals surface area contributed by atoms with E-state index in [1.54, 1.807) is 0 Å². The summed E-state index contributed by atoms with van der Waals surface area (Å²) in [5, 5.41) is 39.2. The van der Waals surface area contributed by atoms with Crippen LogP contribution < -0.4 is 5.73 Å². The van der Waals surface area contributed by atoms with Gasteiger partial charge in [0, 0.05) is 0 Å². The van der Waals surface area contributed by atoms with Gasteiger partial charge in [-0.05, 0) is 0 Å². The summed E-state index contributed by atoms with van der Waals surface area (Å²) in [5.41, 5.74) is 5.82. The Labute approximate surface area is 116 Å². The molecule has 108 valence electrons. The van der Waals surface area contributed by atoms with Gasteiger partial charge < -0.3 is 25.8 Å². The third-order valence-corrected chi connectivity index (χ3v) is 3.40. The fourth-order valence-electron chi connectivity index (χ4n) is 2.14. The number of nitrogens with zero attached hydrogens (tertiary/aromatic N) is 4. The van der Waals surface area contributed by atoms with E-state index in [4.69, 9.17) is 27.8 Å². The molecular formula is C9H12N6O4S. The Morgan fingerprint density at radius 3 is 2.75 bits per heavy atom. The zero-order valence-corrected chi connectivity index (χ0v) is 10.9. The number of hydrogen-bond acceptors (Lipinski definition) is 9. The van der Waals surface area contributed by atoms with Gasteiger partial charge in [0.05, 0.1) is 6.61 Å². The minimum Gasteiger partial charge on any atom is -0.394 e. The van der Waals surface area contributed by atoms with E-state index in [9.17, 15) is 10.2 Å².